The minimum Gasteiger partial charge on any atom is -0.497 e. The summed E-state index contributed by atoms with van der Waals surface area (Å²) in [4.78, 5) is 21.4. The average molecular weight is 387 g/mol. The molecule has 0 spiro atoms. The first-order valence-corrected chi connectivity index (χ1v) is 9.62. The molecule has 3 rings (SSSR count). The lowest BCUT2D eigenvalue weighted by molar-refractivity contribution is 0.0621. The molecule has 2 aromatic rings. The summed E-state index contributed by atoms with van der Waals surface area (Å²) in [7, 11) is 3.30. The number of hydrogen-bond acceptors (Lipinski definition) is 6. The van der Waals surface area contributed by atoms with Crippen LogP contribution in [0.1, 0.15) is 47.5 Å². The van der Waals surface area contributed by atoms with Crippen molar-refractivity contribution in [1.82, 2.24) is 14.8 Å². The maximum Gasteiger partial charge on any atom is 0.276 e. The molecule has 7 nitrogen and oxygen atoms in total. The summed E-state index contributed by atoms with van der Waals surface area (Å²) in [5, 5.41) is 0. The van der Waals surface area contributed by atoms with Gasteiger partial charge in [0.1, 0.15) is 17.3 Å². The number of aryl methyl sites for hydroxylation is 1. The highest BCUT2D eigenvalue weighted by molar-refractivity contribution is 5.93. The Hall–Kier alpha value is -2.54. The van der Waals surface area contributed by atoms with E-state index in [0.717, 1.165) is 36.7 Å². The van der Waals surface area contributed by atoms with Gasteiger partial charge in [0, 0.05) is 44.7 Å². The van der Waals surface area contributed by atoms with E-state index in [4.69, 9.17) is 13.9 Å². The molecule has 1 aromatic carbocycles. The van der Waals surface area contributed by atoms with E-state index in [-0.39, 0.29) is 11.8 Å². The third kappa shape index (κ3) is 4.47. The highest BCUT2D eigenvalue weighted by Gasteiger charge is 2.27. The molecule has 0 saturated carbocycles. The van der Waals surface area contributed by atoms with E-state index < -0.39 is 0 Å². The minimum atomic E-state index is -0.0455. The zero-order valence-electron chi connectivity index (χ0n) is 17.3. The predicted octanol–water partition coefficient (Wildman–Crippen LogP) is 3.08. The largest absolute Gasteiger partial charge is 0.497 e. The number of methoxy groups -OCH3 is 2. The summed E-state index contributed by atoms with van der Waals surface area (Å²) < 4.78 is 16.3. The molecule has 1 fully saturated rings. The Morgan fingerprint density at radius 1 is 1.11 bits per heavy atom. The first kappa shape index (κ1) is 20.2. The molecule has 1 aromatic heterocycles. The van der Waals surface area contributed by atoms with Gasteiger partial charge < -0.3 is 18.8 Å². The fraction of sp³-hybridized carbons (Fsp3) is 0.524. The van der Waals surface area contributed by atoms with Gasteiger partial charge in [0.05, 0.1) is 14.2 Å². The normalized spacial score (nSPS) is 15.1. The highest BCUT2D eigenvalue weighted by atomic mass is 16.5. The number of piperazine rings is 1. The molecule has 0 atom stereocenters. The number of rotatable bonds is 6. The van der Waals surface area contributed by atoms with Gasteiger partial charge in [0.2, 0.25) is 0 Å². The van der Waals surface area contributed by atoms with E-state index in [2.05, 4.69) is 9.88 Å². The van der Waals surface area contributed by atoms with Crippen LogP contribution in [0, 0.1) is 6.92 Å². The van der Waals surface area contributed by atoms with Crippen molar-refractivity contribution in [3.63, 3.8) is 0 Å². The Morgan fingerprint density at radius 3 is 2.21 bits per heavy atom. The molecule has 152 valence electrons. The van der Waals surface area contributed by atoms with E-state index in [1.807, 2.05) is 36.9 Å². The summed E-state index contributed by atoms with van der Waals surface area (Å²) in [6, 6.07) is 5.91. The smallest absolute Gasteiger partial charge is 0.276 e. The highest BCUT2D eigenvalue weighted by Crippen LogP contribution is 2.24. The lowest BCUT2D eigenvalue weighted by Gasteiger charge is -2.34. The van der Waals surface area contributed by atoms with Gasteiger partial charge in [0.15, 0.2) is 11.6 Å². The Balaban J connectivity index is 1.61. The zero-order valence-corrected chi connectivity index (χ0v) is 17.3. The van der Waals surface area contributed by atoms with Crippen LogP contribution in [-0.2, 0) is 6.54 Å². The van der Waals surface area contributed by atoms with Gasteiger partial charge in [-0.15, -0.1) is 0 Å². The minimum absolute atomic E-state index is 0.0455. The van der Waals surface area contributed by atoms with E-state index in [1.165, 1.54) is 0 Å². The van der Waals surface area contributed by atoms with Crippen molar-refractivity contribution in [1.29, 1.82) is 0 Å². The van der Waals surface area contributed by atoms with Crippen LogP contribution >= 0.6 is 0 Å². The van der Waals surface area contributed by atoms with E-state index in [0.29, 0.717) is 30.4 Å². The van der Waals surface area contributed by atoms with Crippen molar-refractivity contribution in [2.24, 2.45) is 0 Å². The number of oxazole rings is 1. The van der Waals surface area contributed by atoms with E-state index in [1.54, 1.807) is 21.1 Å². The van der Waals surface area contributed by atoms with Crippen LogP contribution in [-0.4, -0.2) is 61.1 Å². The summed E-state index contributed by atoms with van der Waals surface area (Å²) >= 11 is 0. The SMILES string of the molecule is COc1cc(CN2CCN(C(=O)c3nc(C(C)C)oc3C)CC2)cc(OC)c1. The fourth-order valence-corrected chi connectivity index (χ4v) is 3.34. The molecule has 2 heterocycles. The van der Waals surface area contributed by atoms with Crippen molar-refractivity contribution in [2.45, 2.75) is 33.2 Å². The molecule has 1 aliphatic rings. The van der Waals surface area contributed by atoms with Gasteiger partial charge in [0.25, 0.3) is 5.91 Å². The summed E-state index contributed by atoms with van der Waals surface area (Å²) in [5.74, 6) is 2.90. The topological polar surface area (TPSA) is 68.0 Å². The third-order valence-electron chi connectivity index (χ3n) is 4.99. The van der Waals surface area contributed by atoms with Gasteiger partial charge in [-0.3, -0.25) is 9.69 Å². The molecule has 1 saturated heterocycles. The molecule has 28 heavy (non-hydrogen) atoms. The Morgan fingerprint density at radius 2 is 1.71 bits per heavy atom. The molecule has 1 aliphatic heterocycles. The summed E-state index contributed by atoms with van der Waals surface area (Å²) in [6.45, 7) is 9.55. The zero-order chi connectivity index (χ0) is 20.3. The maximum atomic E-state index is 12.8. The van der Waals surface area contributed by atoms with Crippen molar-refractivity contribution in [3.8, 4) is 11.5 Å². The molecular weight excluding hydrogens is 358 g/mol. The Labute approximate surface area is 166 Å². The number of ether oxygens (including phenoxy) is 2. The standard InChI is InChI=1S/C21H29N3O4/c1-14(2)20-22-19(15(3)28-20)21(25)24-8-6-23(7-9-24)13-16-10-17(26-4)12-18(11-16)27-5/h10-12,14H,6-9,13H2,1-5H3. The van der Waals surface area contributed by atoms with Gasteiger partial charge >= 0.3 is 0 Å². The molecule has 0 radical (unpaired) electrons. The number of benzene rings is 1. The summed E-state index contributed by atoms with van der Waals surface area (Å²) in [6.07, 6.45) is 0. The molecule has 0 N–H and O–H groups in total. The van der Waals surface area contributed by atoms with Crippen LogP contribution in [0.15, 0.2) is 22.6 Å². The van der Waals surface area contributed by atoms with Crippen molar-refractivity contribution >= 4 is 5.91 Å². The van der Waals surface area contributed by atoms with E-state index in [9.17, 15) is 4.79 Å². The average Bonchev–Trinajstić information content (AvgIpc) is 3.09. The quantitative estimate of drug-likeness (QED) is 0.759. The molecule has 0 aliphatic carbocycles. The predicted molar refractivity (Wildman–Crippen MR) is 106 cm³/mol. The first-order chi connectivity index (χ1) is 13.4. The number of carbonyl (C=O) groups excluding carboxylic acids is 1. The van der Waals surface area contributed by atoms with Gasteiger partial charge in [-0.05, 0) is 24.6 Å². The van der Waals surface area contributed by atoms with Gasteiger partial charge in [-0.25, -0.2) is 4.98 Å². The van der Waals surface area contributed by atoms with Crippen molar-refractivity contribution in [3.05, 3.63) is 41.1 Å². The second kappa shape index (κ2) is 8.65. The summed E-state index contributed by atoms with van der Waals surface area (Å²) in [5.41, 5.74) is 1.57. The van der Waals surface area contributed by atoms with Gasteiger partial charge in [-0.1, -0.05) is 13.8 Å². The number of nitrogens with zero attached hydrogens (tertiary/aromatic N) is 3. The number of amides is 1. The second-order valence-corrected chi connectivity index (χ2v) is 7.40. The van der Waals surface area contributed by atoms with Crippen molar-refractivity contribution < 1.29 is 18.7 Å². The molecular formula is C21H29N3O4. The Bertz CT molecular complexity index is 801. The van der Waals surface area contributed by atoms with Crippen LogP contribution in [0.2, 0.25) is 0 Å². The monoisotopic (exact) mass is 387 g/mol. The molecule has 1 amide bonds. The first-order valence-electron chi connectivity index (χ1n) is 9.62. The number of hydrogen-bond donors (Lipinski definition) is 0. The van der Waals surface area contributed by atoms with Crippen LogP contribution in [0.4, 0.5) is 0 Å². The second-order valence-electron chi connectivity index (χ2n) is 7.40. The number of carbonyl (C=O) groups is 1. The van der Waals surface area contributed by atoms with Crippen LogP contribution in [0.5, 0.6) is 11.5 Å². The fourth-order valence-electron chi connectivity index (χ4n) is 3.34. The van der Waals surface area contributed by atoms with Crippen LogP contribution in [0.25, 0.3) is 0 Å². The van der Waals surface area contributed by atoms with E-state index >= 15 is 0 Å². The molecule has 7 heteroatoms. The third-order valence-corrected chi connectivity index (χ3v) is 4.99. The maximum absolute atomic E-state index is 12.8. The van der Waals surface area contributed by atoms with Gasteiger partial charge in [-0.2, -0.15) is 0 Å². The lowest BCUT2D eigenvalue weighted by Crippen LogP contribution is -2.48. The van der Waals surface area contributed by atoms with Crippen molar-refractivity contribution in [2.75, 3.05) is 40.4 Å². The lowest BCUT2D eigenvalue weighted by atomic mass is 10.1. The van der Waals surface area contributed by atoms with Crippen LogP contribution < -0.4 is 9.47 Å². The number of aromatic nitrogens is 1. The molecule has 0 bridgehead atoms. The van der Waals surface area contributed by atoms with Crippen LogP contribution in [0.3, 0.4) is 0 Å². The Kier molecular flexibility index (Phi) is 6.24. The molecule has 0 unspecified atom stereocenters.